The molecule has 0 radical (unpaired) electrons. The molecule has 110 valence electrons. The fraction of sp³-hybridized carbons (Fsp3) is 0.100. The molecule has 0 heterocycles. The highest BCUT2D eigenvalue weighted by atomic mass is 16.5. The van der Waals surface area contributed by atoms with Gasteiger partial charge in [0.25, 0.3) is 0 Å². The van der Waals surface area contributed by atoms with E-state index in [2.05, 4.69) is 12.1 Å². The summed E-state index contributed by atoms with van der Waals surface area (Å²) in [5.74, 6) is 0.729. The first kappa shape index (κ1) is 14.4. The van der Waals surface area contributed by atoms with Crippen molar-refractivity contribution in [2.45, 2.75) is 13.2 Å². The van der Waals surface area contributed by atoms with Crippen molar-refractivity contribution in [3.05, 3.63) is 90.0 Å². The van der Waals surface area contributed by atoms with Crippen LogP contribution in [0.25, 0.3) is 11.1 Å². The SMILES string of the molecule is OCc1ccc(-c2ccccc2)cc1OCc1ccccc1. The molecular formula is C20H18O2. The van der Waals surface area contributed by atoms with Crippen molar-refractivity contribution in [2.24, 2.45) is 0 Å². The van der Waals surface area contributed by atoms with Gasteiger partial charge in [-0.1, -0.05) is 72.8 Å². The van der Waals surface area contributed by atoms with Crippen molar-refractivity contribution in [3.63, 3.8) is 0 Å². The van der Waals surface area contributed by atoms with Crippen LogP contribution in [0.1, 0.15) is 11.1 Å². The maximum Gasteiger partial charge on any atom is 0.125 e. The molecule has 0 atom stereocenters. The summed E-state index contributed by atoms with van der Waals surface area (Å²) in [7, 11) is 0. The summed E-state index contributed by atoms with van der Waals surface area (Å²) in [5.41, 5.74) is 4.13. The summed E-state index contributed by atoms with van der Waals surface area (Å²) in [5, 5.41) is 9.50. The lowest BCUT2D eigenvalue weighted by Crippen LogP contribution is -1.99. The van der Waals surface area contributed by atoms with Gasteiger partial charge in [-0.2, -0.15) is 0 Å². The van der Waals surface area contributed by atoms with Crippen LogP contribution in [-0.4, -0.2) is 5.11 Å². The molecule has 0 saturated carbocycles. The Morgan fingerprint density at radius 3 is 2.09 bits per heavy atom. The van der Waals surface area contributed by atoms with Crippen molar-refractivity contribution < 1.29 is 9.84 Å². The second-order valence-corrected chi connectivity index (χ2v) is 5.12. The lowest BCUT2D eigenvalue weighted by molar-refractivity contribution is 0.259. The summed E-state index contributed by atoms with van der Waals surface area (Å²) in [6.45, 7) is 0.464. The van der Waals surface area contributed by atoms with Crippen LogP contribution in [0.2, 0.25) is 0 Å². The van der Waals surface area contributed by atoms with Crippen LogP contribution in [0, 0.1) is 0 Å². The normalized spacial score (nSPS) is 10.4. The molecule has 0 aromatic heterocycles. The summed E-state index contributed by atoms with van der Waals surface area (Å²) in [6.07, 6.45) is 0. The van der Waals surface area contributed by atoms with Crippen LogP contribution in [-0.2, 0) is 13.2 Å². The van der Waals surface area contributed by atoms with Crippen molar-refractivity contribution in [3.8, 4) is 16.9 Å². The van der Waals surface area contributed by atoms with Crippen LogP contribution in [0.4, 0.5) is 0 Å². The van der Waals surface area contributed by atoms with Crippen molar-refractivity contribution in [1.82, 2.24) is 0 Å². The Morgan fingerprint density at radius 2 is 1.41 bits per heavy atom. The number of ether oxygens (including phenoxy) is 1. The highest BCUT2D eigenvalue weighted by Crippen LogP contribution is 2.28. The summed E-state index contributed by atoms with van der Waals surface area (Å²) >= 11 is 0. The summed E-state index contributed by atoms with van der Waals surface area (Å²) < 4.78 is 5.92. The van der Waals surface area contributed by atoms with Gasteiger partial charge in [0.05, 0.1) is 6.61 Å². The summed E-state index contributed by atoms with van der Waals surface area (Å²) in [6, 6.07) is 26.1. The van der Waals surface area contributed by atoms with E-state index >= 15 is 0 Å². The number of benzene rings is 3. The van der Waals surface area contributed by atoms with Crippen molar-refractivity contribution >= 4 is 0 Å². The van der Waals surface area contributed by atoms with E-state index in [1.807, 2.05) is 66.7 Å². The standard InChI is InChI=1S/C20H18O2/c21-14-19-12-11-18(17-9-5-2-6-10-17)13-20(19)22-15-16-7-3-1-4-8-16/h1-13,21H,14-15H2. The number of rotatable bonds is 5. The Balaban J connectivity index is 1.85. The van der Waals surface area contributed by atoms with E-state index in [1.165, 1.54) is 0 Å². The maximum absolute atomic E-state index is 9.50. The van der Waals surface area contributed by atoms with Gasteiger partial charge in [-0.3, -0.25) is 0 Å². The first-order valence-corrected chi connectivity index (χ1v) is 7.33. The minimum atomic E-state index is -0.0286. The molecule has 0 aliphatic carbocycles. The zero-order chi connectivity index (χ0) is 15.2. The molecule has 0 aliphatic heterocycles. The lowest BCUT2D eigenvalue weighted by atomic mass is 10.0. The molecule has 3 aromatic rings. The smallest absolute Gasteiger partial charge is 0.125 e. The molecule has 3 rings (SSSR count). The fourth-order valence-electron chi connectivity index (χ4n) is 2.37. The van der Waals surface area contributed by atoms with Crippen LogP contribution in [0.15, 0.2) is 78.9 Å². The third-order valence-corrected chi connectivity index (χ3v) is 3.58. The Hall–Kier alpha value is -2.58. The van der Waals surface area contributed by atoms with Gasteiger partial charge in [-0.25, -0.2) is 0 Å². The number of hydrogen-bond donors (Lipinski definition) is 1. The molecule has 1 N–H and O–H groups in total. The van der Waals surface area contributed by atoms with E-state index in [4.69, 9.17) is 4.74 Å². The molecule has 2 heteroatoms. The topological polar surface area (TPSA) is 29.5 Å². The van der Waals surface area contributed by atoms with Gasteiger partial charge in [0.2, 0.25) is 0 Å². The molecule has 0 saturated heterocycles. The second-order valence-electron chi connectivity index (χ2n) is 5.12. The number of hydrogen-bond acceptors (Lipinski definition) is 2. The zero-order valence-electron chi connectivity index (χ0n) is 12.3. The van der Waals surface area contributed by atoms with Crippen LogP contribution < -0.4 is 4.74 Å². The largest absolute Gasteiger partial charge is 0.489 e. The molecule has 0 bridgehead atoms. The molecule has 2 nitrogen and oxygen atoms in total. The molecule has 0 fully saturated rings. The van der Waals surface area contributed by atoms with Crippen molar-refractivity contribution in [2.75, 3.05) is 0 Å². The Labute approximate surface area is 130 Å². The van der Waals surface area contributed by atoms with Gasteiger partial charge in [-0.15, -0.1) is 0 Å². The second kappa shape index (κ2) is 6.92. The van der Waals surface area contributed by atoms with Gasteiger partial charge in [0.15, 0.2) is 0 Å². The van der Waals surface area contributed by atoms with E-state index in [-0.39, 0.29) is 6.61 Å². The monoisotopic (exact) mass is 290 g/mol. The Morgan fingerprint density at radius 1 is 0.727 bits per heavy atom. The number of aliphatic hydroxyl groups is 1. The highest BCUT2D eigenvalue weighted by molar-refractivity contribution is 5.66. The van der Waals surface area contributed by atoms with Crippen LogP contribution in [0.3, 0.4) is 0 Å². The molecule has 0 spiro atoms. The average molecular weight is 290 g/mol. The Kier molecular flexibility index (Phi) is 4.52. The molecule has 0 amide bonds. The van der Waals surface area contributed by atoms with E-state index in [0.717, 1.165) is 28.0 Å². The van der Waals surface area contributed by atoms with E-state index < -0.39 is 0 Å². The molecule has 3 aromatic carbocycles. The van der Waals surface area contributed by atoms with Crippen molar-refractivity contribution in [1.29, 1.82) is 0 Å². The minimum absolute atomic E-state index is 0.0286. The zero-order valence-corrected chi connectivity index (χ0v) is 12.3. The fourth-order valence-corrected chi connectivity index (χ4v) is 2.37. The van der Waals surface area contributed by atoms with E-state index in [0.29, 0.717) is 6.61 Å². The van der Waals surface area contributed by atoms with Gasteiger partial charge in [-0.05, 0) is 22.8 Å². The number of aliphatic hydroxyl groups excluding tert-OH is 1. The van der Waals surface area contributed by atoms with Crippen LogP contribution in [0.5, 0.6) is 5.75 Å². The first-order chi connectivity index (χ1) is 10.9. The third kappa shape index (κ3) is 3.35. The molecule has 0 unspecified atom stereocenters. The lowest BCUT2D eigenvalue weighted by Gasteiger charge is -2.12. The summed E-state index contributed by atoms with van der Waals surface area (Å²) in [4.78, 5) is 0. The van der Waals surface area contributed by atoms with Crippen LogP contribution >= 0.6 is 0 Å². The first-order valence-electron chi connectivity index (χ1n) is 7.33. The van der Waals surface area contributed by atoms with Gasteiger partial charge < -0.3 is 9.84 Å². The van der Waals surface area contributed by atoms with Gasteiger partial charge in [0, 0.05) is 5.56 Å². The Bertz CT molecular complexity index is 721. The predicted octanol–water partition coefficient (Wildman–Crippen LogP) is 4.42. The highest BCUT2D eigenvalue weighted by Gasteiger charge is 2.06. The van der Waals surface area contributed by atoms with Gasteiger partial charge >= 0.3 is 0 Å². The minimum Gasteiger partial charge on any atom is -0.489 e. The quantitative estimate of drug-likeness (QED) is 0.753. The molecule has 0 aliphatic rings. The molecular weight excluding hydrogens is 272 g/mol. The van der Waals surface area contributed by atoms with E-state index in [1.54, 1.807) is 0 Å². The third-order valence-electron chi connectivity index (χ3n) is 3.58. The van der Waals surface area contributed by atoms with Gasteiger partial charge in [0.1, 0.15) is 12.4 Å². The van der Waals surface area contributed by atoms with E-state index in [9.17, 15) is 5.11 Å². The molecule has 22 heavy (non-hydrogen) atoms. The predicted molar refractivity (Wildman–Crippen MR) is 88.6 cm³/mol. The average Bonchev–Trinajstić information content (AvgIpc) is 2.61. The maximum atomic E-state index is 9.50.